The van der Waals surface area contributed by atoms with Crippen molar-refractivity contribution >= 4 is 22.8 Å². The molecule has 3 aromatic rings. The summed E-state index contributed by atoms with van der Waals surface area (Å²) in [5.74, 6) is -0.525. The van der Waals surface area contributed by atoms with Gasteiger partial charge in [0, 0.05) is 30.9 Å². The highest BCUT2D eigenvalue weighted by Gasteiger charge is 2.13. The van der Waals surface area contributed by atoms with Crippen molar-refractivity contribution in [3.8, 4) is 11.1 Å². The van der Waals surface area contributed by atoms with Crippen LogP contribution in [-0.2, 0) is 6.54 Å². The monoisotopic (exact) mass is 371 g/mol. The van der Waals surface area contributed by atoms with Crippen molar-refractivity contribution in [2.24, 2.45) is 4.99 Å². The Kier molecular flexibility index (Phi) is 5.39. The van der Waals surface area contributed by atoms with Crippen molar-refractivity contribution in [3.63, 3.8) is 0 Å². The fourth-order valence-electron chi connectivity index (χ4n) is 2.64. The maximum absolute atomic E-state index is 12.9. The zero-order valence-electron chi connectivity index (χ0n) is 14.4. The molecule has 1 N–H and O–H groups in total. The molecule has 0 aliphatic rings. The molecule has 0 unspecified atom stereocenters. The quantitative estimate of drug-likeness (QED) is 0.551. The minimum absolute atomic E-state index is 0.0141. The Labute approximate surface area is 154 Å². The number of Topliss-reactive ketones (excluding diaryl/α,β-unsaturated/α-hetero) is 1. The van der Waals surface area contributed by atoms with Crippen LogP contribution >= 0.6 is 11.3 Å². The topological polar surface area (TPSA) is 67.5 Å². The Bertz CT molecular complexity index is 989. The second-order valence-electron chi connectivity index (χ2n) is 5.76. The number of ketones is 1. The molecule has 0 atom stereocenters. The highest BCUT2D eigenvalue weighted by molar-refractivity contribution is 7.11. The van der Waals surface area contributed by atoms with E-state index in [0.29, 0.717) is 16.2 Å². The maximum Gasteiger partial charge on any atom is 0.212 e. The number of carbonyl (C=O) groups is 1. The number of hydrogen-bond acceptors (Lipinski definition) is 5. The summed E-state index contributed by atoms with van der Waals surface area (Å²) in [5, 5.41) is 9.29. The van der Waals surface area contributed by atoms with E-state index in [1.807, 2.05) is 35.8 Å². The van der Waals surface area contributed by atoms with Gasteiger partial charge in [-0.2, -0.15) is 4.39 Å². The number of hydrogen-bond donors (Lipinski definition) is 1. The van der Waals surface area contributed by atoms with E-state index in [-0.39, 0.29) is 12.4 Å². The van der Waals surface area contributed by atoms with E-state index in [0.717, 1.165) is 22.5 Å². The van der Waals surface area contributed by atoms with Crippen LogP contribution < -0.4 is 4.80 Å². The average Bonchev–Trinajstić information content (AvgIpc) is 2.93. The summed E-state index contributed by atoms with van der Waals surface area (Å²) in [7, 11) is 0. The fraction of sp³-hybridized carbons (Fsp3) is 0.211. The number of halogens is 1. The lowest BCUT2D eigenvalue weighted by molar-refractivity contribution is 0.102. The molecule has 0 saturated carbocycles. The van der Waals surface area contributed by atoms with Gasteiger partial charge in [0.15, 0.2) is 10.6 Å². The number of aliphatic hydroxyl groups is 1. The van der Waals surface area contributed by atoms with Gasteiger partial charge in [-0.05, 0) is 36.8 Å². The average molecular weight is 371 g/mol. The zero-order valence-corrected chi connectivity index (χ0v) is 15.3. The summed E-state index contributed by atoms with van der Waals surface area (Å²) < 4.78 is 14.8. The Morgan fingerprint density at radius 1 is 1.23 bits per heavy atom. The lowest BCUT2D eigenvalue weighted by Gasteiger charge is -2.04. The second-order valence-corrected chi connectivity index (χ2v) is 6.74. The SMILES string of the molecule is CC(=O)c1s/c(=N\c2ccc(-c3ccc(F)nc3)cc2)n(CCO)c1C. The number of rotatable bonds is 5. The molecule has 0 fully saturated rings. The molecule has 0 aliphatic heterocycles. The highest BCUT2D eigenvalue weighted by Crippen LogP contribution is 2.22. The number of nitrogens with zero attached hydrogens (tertiary/aromatic N) is 3. The van der Waals surface area contributed by atoms with Gasteiger partial charge in [0.2, 0.25) is 5.95 Å². The van der Waals surface area contributed by atoms with Crippen LogP contribution in [0, 0.1) is 12.9 Å². The van der Waals surface area contributed by atoms with Crippen LogP contribution in [0.15, 0.2) is 47.6 Å². The summed E-state index contributed by atoms with van der Waals surface area (Å²) in [5.41, 5.74) is 3.27. The number of aliphatic hydroxyl groups excluding tert-OH is 1. The van der Waals surface area contributed by atoms with E-state index < -0.39 is 5.95 Å². The molecule has 0 amide bonds. The van der Waals surface area contributed by atoms with Crippen molar-refractivity contribution in [1.29, 1.82) is 0 Å². The first kappa shape index (κ1) is 18.2. The molecule has 134 valence electrons. The Balaban J connectivity index is 1.98. The van der Waals surface area contributed by atoms with Crippen LogP contribution in [0.5, 0.6) is 0 Å². The summed E-state index contributed by atoms with van der Waals surface area (Å²) >= 11 is 1.32. The van der Waals surface area contributed by atoms with E-state index in [4.69, 9.17) is 0 Å². The molecule has 3 rings (SSSR count). The number of aromatic nitrogens is 2. The smallest absolute Gasteiger partial charge is 0.212 e. The second kappa shape index (κ2) is 7.72. The largest absolute Gasteiger partial charge is 0.395 e. The molecule has 1 aromatic carbocycles. The molecule has 2 aromatic heterocycles. The van der Waals surface area contributed by atoms with Gasteiger partial charge in [-0.3, -0.25) is 4.79 Å². The molecule has 26 heavy (non-hydrogen) atoms. The van der Waals surface area contributed by atoms with E-state index in [1.54, 1.807) is 6.07 Å². The first-order chi connectivity index (χ1) is 12.5. The van der Waals surface area contributed by atoms with Gasteiger partial charge in [0.25, 0.3) is 0 Å². The molecule has 7 heteroatoms. The van der Waals surface area contributed by atoms with Crippen molar-refractivity contribution in [2.75, 3.05) is 6.61 Å². The zero-order chi connectivity index (χ0) is 18.7. The predicted octanol–water partition coefficient (Wildman–Crippen LogP) is 3.49. The van der Waals surface area contributed by atoms with Gasteiger partial charge < -0.3 is 9.67 Å². The number of thiazole rings is 1. The summed E-state index contributed by atoms with van der Waals surface area (Å²) in [6.45, 7) is 3.73. The normalized spacial score (nSPS) is 11.8. The maximum atomic E-state index is 12.9. The highest BCUT2D eigenvalue weighted by atomic mass is 32.1. The molecule has 0 bridgehead atoms. The molecule has 2 heterocycles. The van der Waals surface area contributed by atoms with Crippen molar-refractivity contribution in [1.82, 2.24) is 9.55 Å². The molecule has 0 spiro atoms. The molecule has 5 nitrogen and oxygen atoms in total. The van der Waals surface area contributed by atoms with Gasteiger partial charge in [-0.1, -0.05) is 23.5 Å². The van der Waals surface area contributed by atoms with E-state index in [2.05, 4.69) is 9.98 Å². The Morgan fingerprint density at radius 3 is 2.50 bits per heavy atom. The van der Waals surface area contributed by atoms with Crippen LogP contribution in [0.2, 0.25) is 0 Å². The van der Waals surface area contributed by atoms with Gasteiger partial charge in [0.1, 0.15) is 0 Å². The van der Waals surface area contributed by atoms with E-state index >= 15 is 0 Å². The van der Waals surface area contributed by atoms with Gasteiger partial charge in [0.05, 0.1) is 17.2 Å². The van der Waals surface area contributed by atoms with Crippen LogP contribution in [-0.4, -0.2) is 27.0 Å². The summed E-state index contributed by atoms with van der Waals surface area (Å²) in [4.78, 5) is 21.4. The van der Waals surface area contributed by atoms with Crippen molar-refractivity contribution in [3.05, 3.63) is 63.9 Å². The number of pyridine rings is 1. The Hall–Kier alpha value is -2.64. The standard InChI is InChI=1S/C19H18FN3O2S/c1-12-18(13(2)25)26-19(23(12)9-10-24)22-16-6-3-14(4-7-16)15-5-8-17(20)21-11-15/h3-8,11,24H,9-10H2,1-2H3/b22-19-. The third kappa shape index (κ3) is 3.79. The summed E-state index contributed by atoms with van der Waals surface area (Å²) in [6, 6.07) is 10.5. The summed E-state index contributed by atoms with van der Waals surface area (Å²) in [6.07, 6.45) is 1.48. The van der Waals surface area contributed by atoms with Gasteiger partial charge in [-0.25, -0.2) is 9.98 Å². The van der Waals surface area contributed by atoms with Crippen LogP contribution in [0.25, 0.3) is 11.1 Å². The third-order valence-corrected chi connectivity index (χ3v) is 5.24. The first-order valence-corrected chi connectivity index (χ1v) is 8.90. The predicted molar refractivity (Wildman–Crippen MR) is 99.0 cm³/mol. The minimum Gasteiger partial charge on any atom is -0.395 e. The molecular formula is C19H18FN3O2S. The molecule has 0 saturated heterocycles. The molecule has 0 aliphatic carbocycles. The third-order valence-electron chi connectivity index (χ3n) is 3.95. The first-order valence-electron chi connectivity index (χ1n) is 8.08. The lowest BCUT2D eigenvalue weighted by atomic mass is 10.1. The van der Waals surface area contributed by atoms with E-state index in [1.165, 1.54) is 30.5 Å². The Morgan fingerprint density at radius 2 is 1.92 bits per heavy atom. The van der Waals surface area contributed by atoms with Crippen molar-refractivity contribution < 1.29 is 14.3 Å². The van der Waals surface area contributed by atoms with Crippen LogP contribution in [0.3, 0.4) is 0 Å². The molecular weight excluding hydrogens is 353 g/mol. The van der Waals surface area contributed by atoms with Crippen LogP contribution in [0.4, 0.5) is 10.1 Å². The lowest BCUT2D eigenvalue weighted by Crippen LogP contribution is -2.18. The number of carbonyl (C=O) groups excluding carboxylic acids is 1. The number of benzene rings is 1. The van der Waals surface area contributed by atoms with Gasteiger partial charge in [-0.15, -0.1) is 0 Å². The minimum atomic E-state index is -0.511. The molecule has 0 radical (unpaired) electrons. The van der Waals surface area contributed by atoms with Gasteiger partial charge >= 0.3 is 0 Å². The van der Waals surface area contributed by atoms with Crippen molar-refractivity contribution in [2.45, 2.75) is 20.4 Å². The van der Waals surface area contributed by atoms with Crippen LogP contribution in [0.1, 0.15) is 22.3 Å². The van der Waals surface area contributed by atoms with E-state index in [9.17, 15) is 14.3 Å². The fourth-order valence-corrected chi connectivity index (χ4v) is 3.72.